The van der Waals surface area contributed by atoms with Crippen LogP contribution in [0.25, 0.3) is 0 Å². The van der Waals surface area contributed by atoms with Crippen LogP contribution in [0, 0.1) is 5.82 Å². The molecule has 0 aliphatic carbocycles. The number of rotatable bonds is 3. The van der Waals surface area contributed by atoms with Crippen LogP contribution < -0.4 is 5.32 Å². The summed E-state index contributed by atoms with van der Waals surface area (Å²) in [5, 5.41) is 2.80. The molecule has 0 fully saturated rings. The molecule has 0 radical (unpaired) electrons. The summed E-state index contributed by atoms with van der Waals surface area (Å²) in [6, 6.07) is 8.64. The zero-order chi connectivity index (χ0) is 13.8. The van der Waals surface area contributed by atoms with Crippen molar-refractivity contribution >= 4 is 21.8 Å². The molecule has 1 atom stereocenters. The maximum Gasteiger partial charge on any atom is 0.253 e. The van der Waals surface area contributed by atoms with E-state index < -0.39 is 5.82 Å². The standard InChI is InChI=1S/C14H12BrFN2O/c1-9(10-3-2-4-12(15)5-10)18-14(19)11-6-13(16)8-17-7-11/h2-9H,1H3,(H,18,19). The number of benzene rings is 1. The highest BCUT2D eigenvalue weighted by molar-refractivity contribution is 9.10. The van der Waals surface area contributed by atoms with E-state index in [1.54, 1.807) is 0 Å². The number of amides is 1. The molecule has 1 unspecified atom stereocenters. The van der Waals surface area contributed by atoms with Gasteiger partial charge in [0.1, 0.15) is 5.82 Å². The number of nitrogens with one attached hydrogen (secondary N) is 1. The fraction of sp³-hybridized carbons (Fsp3) is 0.143. The summed E-state index contributed by atoms with van der Waals surface area (Å²) >= 11 is 3.38. The van der Waals surface area contributed by atoms with Crippen molar-refractivity contribution in [3.05, 3.63) is 64.1 Å². The van der Waals surface area contributed by atoms with E-state index in [0.29, 0.717) is 0 Å². The van der Waals surface area contributed by atoms with Gasteiger partial charge in [-0.1, -0.05) is 28.1 Å². The predicted molar refractivity (Wildman–Crippen MR) is 74.2 cm³/mol. The van der Waals surface area contributed by atoms with Crippen LogP contribution in [0.1, 0.15) is 28.9 Å². The third-order valence-electron chi connectivity index (χ3n) is 2.66. The van der Waals surface area contributed by atoms with E-state index in [1.807, 2.05) is 31.2 Å². The first-order valence-corrected chi connectivity index (χ1v) is 6.52. The zero-order valence-electron chi connectivity index (χ0n) is 10.2. The Morgan fingerprint density at radius 3 is 2.84 bits per heavy atom. The van der Waals surface area contributed by atoms with Gasteiger partial charge < -0.3 is 5.32 Å². The number of aromatic nitrogens is 1. The number of carbonyl (C=O) groups is 1. The number of hydrogen-bond donors (Lipinski definition) is 1. The van der Waals surface area contributed by atoms with E-state index in [9.17, 15) is 9.18 Å². The highest BCUT2D eigenvalue weighted by Crippen LogP contribution is 2.18. The molecule has 0 saturated heterocycles. The fourth-order valence-electron chi connectivity index (χ4n) is 1.68. The Morgan fingerprint density at radius 2 is 2.16 bits per heavy atom. The summed E-state index contributed by atoms with van der Waals surface area (Å²) < 4.78 is 13.9. The lowest BCUT2D eigenvalue weighted by Crippen LogP contribution is -2.26. The van der Waals surface area contributed by atoms with Crippen LogP contribution in [0.15, 0.2) is 47.2 Å². The third kappa shape index (κ3) is 3.61. The number of carbonyl (C=O) groups excluding carboxylic acids is 1. The first-order valence-electron chi connectivity index (χ1n) is 5.73. The molecule has 19 heavy (non-hydrogen) atoms. The van der Waals surface area contributed by atoms with Gasteiger partial charge in [-0.05, 0) is 30.7 Å². The van der Waals surface area contributed by atoms with Crippen molar-refractivity contribution in [3.8, 4) is 0 Å². The van der Waals surface area contributed by atoms with Gasteiger partial charge in [0, 0.05) is 10.7 Å². The van der Waals surface area contributed by atoms with E-state index in [2.05, 4.69) is 26.2 Å². The molecule has 3 nitrogen and oxygen atoms in total. The van der Waals surface area contributed by atoms with E-state index >= 15 is 0 Å². The number of hydrogen-bond acceptors (Lipinski definition) is 2. The van der Waals surface area contributed by atoms with Gasteiger partial charge in [-0.25, -0.2) is 4.39 Å². The van der Waals surface area contributed by atoms with Gasteiger partial charge in [-0.3, -0.25) is 9.78 Å². The highest BCUT2D eigenvalue weighted by atomic mass is 79.9. The molecule has 1 heterocycles. The van der Waals surface area contributed by atoms with Gasteiger partial charge >= 0.3 is 0 Å². The molecule has 98 valence electrons. The molecule has 1 amide bonds. The monoisotopic (exact) mass is 322 g/mol. The first kappa shape index (κ1) is 13.7. The lowest BCUT2D eigenvalue weighted by molar-refractivity contribution is 0.0939. The van der Waals surface area contributed by atoms with Crippen LogP contribution in [0.2, 0.25) is 0 Å². The molecule has 1 aromatic heterocycles. The highest BCUT2D eigenvalue weighted by Gasteiger charge is 2.12. The quantitative estimate of drug-likeness (QED) is 0.940. The molecule has 1 N–H and O–H groups in total. The fourth-order valence-corrected chi connectivity index (χ4v) is 2.09. The second-order valence-electron chi connectivity index (χ2n) is 4.14. The summed E-state index contributed by atoms with van der Waals surface area (Å²) in [6.07, 6.45) is 2.40. The van der Waals surface area contributed by atoms with Crippen molar-refractivity contribution in [1.82, 2.24) is 10.3 Å². The Labute approximate surface area is 119 Å². The normalized spacial score (nSPS) is 11.9. The van der Waals surface area contributed by atoms with Crippen LogP contribution in [0.4, 0.5) is 4.39 Å². The maximum absolute atomic E-state index is 13.0. The molecular formula is C14H12BrFN2O. The number of halogens is 2. The van der Waals surface area contributed by atoms with E-state index in [0.717, 1.165) is 22.3 Å². The van der Waals surface area contributed by atoms with Crippen molar-refractivity contribution in [3.63, 3.8) is 0 Å². The van der Waals surface area contributed by atoms with E-state index in [-0.39, 0.29) is 17.5 Å². The topological polar surface area (TPSA) is 42.0 Å². The molecule has 0 saturated carbocycles. The Morgan fingerprint density at radius 1 is 1.37 bits per heavy atom. The van der Waals surface area contributed by atoms with E-state index in [1.165, 1.54) is 6.20 Å². The average molecular weight is 323 g/mol. The summed E-state index contributed by atoms with van der Waals surface area (Å²) in [7, 11) is 0. The number of pyridine rings is 1. The second-order valence-corrected chi connectivity index (χ2v) is 5.06. The van der Waals surface area contributed by atoms with Crippen LogP contribution in [-0.2, 0) is 0 Å². The Kier molecular flexibility index (Phi) is 4.27. The molecule has 1 aromatic carbocycles. The largest absolute Gasteiger partial charge is 0.345 e. The maximum atomic E-state index is 13.0. The summed E-state index contributed by atoms with van der Waals surface area (Å²) in [5.41, 5.74) is 1.17. The van der Waals surface area contributed by atoms with E-state index in [4.69, 9.17) is 0 Å². The van der Waals surface area contributed by atoms with Crippen molar-refractivity contribution < 1.29 is 9.18 Å². The predicted octanol–water partition coefficient (Wildman–Crippen LogP) is 3.47. The van der Waals surface area contributed by atoms with Crippen molar-refractivity contribution in [1.29, 1.82) is 0 Å². The minimum Gasteiger partial charge on any atom is -0.345 e. The second kappa shape index (κ2) is 5.93. The molecular weight excluding hydrogens is 311 g/mol. The average Bonchev–Trinajstić information content (AvgIpc) is 2.38. The van der Waals surface area contributed by atoms with Crippen LogP contribution in [0.5, 0.6) is 0 Å². The van der Waals surface area contributed by atoms with Crippen molar-refractivity contribution in [2.45, 2.75) is 13.0 Å². The molecule has 0 bridgehead atoms. The molecule has 2 aromatic rings. The molecule has 5 heteroatoms. The lowest BCUT2D eigenvalue weighted by Gasteiger charge is -2.14. The SMILES string of the molecule is CC(NC(=O)c1cncc(F)c1)c1cccc(Br)c1. The summed E-state index contributed by atoms with van der Waals surface area (Å²) in [5.74, 6) is -0.873. The van der Waals surface area contributed by atoms with Gasteiger partial charge in [0.15, 0.2) is 0 Å². The Hall–Kier alpha value is -1.75. The summed E-state index contributed by atoms with van der Waals surface area (Å²) in [4.78, 5) is 15.6. The number of nitrogens with zero attached hydrogens (tertiary/aromatic N) is 1. The minimum atomic E-state index is -0.525. The smallest absolute Gasteiger partial charge is 0.253 e. The Balaban J connectivity index is 2.11. The molecule has 0 spiro atoms. The summed E-state index contributed by atoms with van der Waals surface area (Å²) in [6.45, 7) is 1.87. The van der Waals surface area contributed by atoms with Crippen LogP contribution >= 0.6 is 15.9 Å². The Bertz CT molecular complexity index is 604. The third-order valence-corrected chi connectivity index (χ3v) is 3.16. The van der Waals surface area contributed by atoms with Gasteiger partial charge in [-0.15, -0.1) is 0 Å². The lowest BCUT2D eigenvalue weighted by atomic mass is 10.1. The molecule has 2 rings (SSSR count). The van der Waals surface area contributed by atoms with Crippen LogP contribution in [-0.4, -0.2) is 10.9 Å². The molecule has 0 aliphatic heterocycles. The van der Waals surface area contributed by atoms with Gasteiger partial charge in [0.2, 0.25) is 0 Å². The van der Waals surface area contributed by atoms with Gasteiger partial charge in [-0.2, -0.15) is 0 Å². The van der Waals surface area contributed by atoms with Gasteiger partial charge in [0.25, 0.3) is 5.91 Å². The van der Waals surface area contributed by atoms with Crippen LogP contribution in [0.3, 0.4) is 0 Å². The van der Waals surface area contributed by atoms with Crippen molar-refractivity contribution in [2.75, 3.05) is 0 Å². The minimum absolute atomic E-state index is 0.173. The zero-order valence-corrected chi connectivity index (χ0v) is 11.8. The molecule has 0 aliphatic rings. The van der Waals surface area contributed by atoms with Crippen molar-refractivity contribution in [2.24, 2.45) is 0 Å². The first-order chi connectivity index (χ1) is 9.06. The van der Waals surface area contributed by atoms with Gasteiger partial charge in [0.05, 0.1) is 17.8 Å².